The summed E-state index contributed by atoms with van der Waals surface area (Å²) >= 11 is 0. The largest absolute Gasteiger partial charge is 0.480 e. The second-order valence-electron chi connectivity index (χ2n) is 4.69. The molecule has 0 radical (unpaired) electrons. The minimum absolute atomic E-state index is 0.366. The number of carboxylic acids is 1. The van der Waals surface area contributed by atoms with Gasteiger partial charge in [0.1, 0.15) is 5.54 Å². The van der Waals surface area contributed by atoms with Crippen molar-refractivity contribution in [1.82, 2.24) is 5.32 Å². The van der Waals surface area contributed by atoms with Gasteiger partial charge in [-0.3, -0.25) is 4.79 Å². The summed E-state index contributed by atoms with van der Waals surface area (Å²) in [6.45, 7) is 6.96. The van der Waals surface area contributed by atoms with E-state index >= 15 is 0 Å². The molecular formula is C12H24N4O2. The Morgan fingerprint density at radius 2 is 2.22 bits per heavy atom. The lowest BCUT2D eigenvalue weighted by molar-refractivity contribution is -0.146. The average Bonchev–Trinajstić information content (AvgIpc) is 2.36. The lowest BCUT2D eigenvalue weighted by Crippen LogP contribution is -2.53. The van der Waals surface area contributed by atoms with Crippen molar-refractivity contribution >= 4 is 5.97 Å². The molecule has 2 atom stereocenters. The molecule has 2 unspecified atom stereocenters. The van der Waals surface area contributed by atoms with Crippen LogP contribution in [0.25, 0.3) is 10.4 Å². The molecule has 0 spiro atoms. The van der Waals surface area contributed by atoms with E-state index in [9.17, 15) is 9.90 Å². The highest BCUT2D eigenvalue weighted by atomic mass is 16.4. The van der Waals surface area contributed by atoms with Gasteiger partial charge in [0.15, 0.2) is 0 Å². The van der Waals surface area contributed by atoms with Crippen LogP contribution in [0.4, 0.5) is 0 Å². The molecule has 0 aliphatic carbocycles. The number of azide groups is 1. The molecule has 0 aliphatic rings. The van der Waals surface area contributed by atoms with Gasteiger partial charge >= 0.3 is 5.97 Å². The fourth-order valence-electron chi connectivity index (χ4n) is 1.92. The molecule has 0 rings (SSSR count). The maximum absolute atomic E-state index is 11.5. The van der Waals surface area contributed by atoms with Crippen molar-refractivity contribution in [3.05, 3.63) is 10.4 Å². The van der Waals surface area contributed by atoms with E-state index in [1.54, 1.807) is 0 Å². The van der Waals surface area contributed by atoms with Crippen LogP contribution in [-0.2, 0) is 4.79 Å². The SMILES string of the molecule is CCC(C)CC(CC)(NCCCN=[N+]=[N-])C(=O)O. The van der Waals surface area contributed by atoms with E-state index in [1.807, 2.05) is 6.92 Å². The number of hydrogen-bond donors (Lipinski definition) is 2. The van der Waals surface area contributed by atoms with Crippen LogP contribution in [0.15, 0.2) is 5.11 Å². The zero-order valence-corrected chi connectivity index (χ0v) is 11.5. The topological polar surface area (TPSA) is 98.1 Å². The molecule has 0 aromatic carbocycles. The summed E-state index contributed by atoms with van der Waals surface area (Å²) in [7, 11) is 0. The zero-order chi connectivity index (χ0) is 14.0. The first-order valence-electron chi connectivity index (χ1n) is 6.51. The molecule has 0 saturated heterocycles. The van der Waals surface area contributed by atoms with Crippen LogP contribution < -0.4 is 5.32 Å². The summed E-state index contributed by atoms with van der Waals surface area (Å²) in [5.74, 6) is -0.431. The van der Waals surface area contributed by atoms with Crippen LogP contribution in [0, 0.1) is 5.92 Å². The van der Waals surface area contributed by atoms with Gasteiger partial charge in [-0.2, -0.15) is 0 Å². The van der Waals surface area contributed by atoms with Gasteiger partial charge in [-0.05, 0) is 37.3 Å². The highest BCUT2D eigenvalue weighted by Gasteiger charge is 2.36. The van der Waals surface area contributed by atoms with Crippen LogP contribution in [0.3, 0.4) is 0 Å². The second kappa shape index (κ2) is 8.78. The van der Waals surface area contributed by atoms with E-state index in [0.717, 1.165) is 6.42 Å². The van der Waals surface area contributed by atoms with Crippen LogP contribution in [-0.4, -0.2) is 29.7 Å². The minimum Gasteiger partial charge on any atom is -0.480 e. The summed E-state index contributed by atoms with van der Waals surface area (Å²) < 4.78 is 0. The predicted octanol–water partition coefficient (Wildman–Crippen LogP) is 2.95. The number of hydrogen-bond acceptors (Lipinski definition) is 3. The number of carboxylic acid groups (broad SMARTS) is 1. The standard InChI is InChI=1S/C12H24N4O2/c1-4-10(3)9-12(5-2,11(17)18)14-7-6-8-15-16-13/h10,14H,4-9H2,1-3H3,(H,17,18). The molecule has 2 N–H and O–H groups in total. The molecule has 0 saturated carbocycles. The van der Waals surface area contributed by atoms with Crippen molar-refractivity contribution in [3.8, 4) is 0 Å². The van der Waals surface area contributed by atoms with Crippen molar-refractivity contribution < 1.29 is 9.90 Å². The smallest absolute Gasteiger partial charge is 0.323 e. The molecule has 104 valence electrons. The predicted molar refractivity (Wildman–Crippen MR) is 71.4 cm³/mol. The molecule has 6 nitrogen and oxygen atoms in total. The first-order chi connectivity index (χ1) is 8.52. The first-order valence-corrected chi connectivity index (χ1v) is 6.51. The normalized spacial score (nSPS) is 15.5. The number of nitrogens with zero attached hydrogens (tertiary/aromatic N) is 3. The van der Waals surface area contributed by atoms with Crippen LogP contribution in [0.1, 0.15) is 46.5 Å². The van der Waals surface area contributed by atoms with Crippen molar-refractivity contribution in [2.24, 2.45) is 11.0 Å². The third kappa shape index (κ3) is 5.38. The number of aliphatic carboxylic acids is 1. The fraction of sp³-hybridized carbons (Fsp3) is 0.917. The fourth-order valence-corrected chi connectivity index (χ4v) is 1.92. The van der Waals surface area contributed by atoms with Gasteiger partial charge in [0, 0.05) is 11.5 Å². The molecule has 0 aromatic rings. The second-order valence-corrected chi connectivity index (χ2v) is 4.69. The molecule has 0 amide bonds. The number of nitrogens with one attached hydrogen (secondary N) is 1. The van der Waals surface area contributed by atoms with E-state index in [1.165, 1.54) is 0 Å². The zero-order valence-electron chi connectivity index (χ0n) is 11.5. The lowest BCUT2D eigenvalue weighted by Gasteiger charge is -2.32. The summed E-state index contributed by atoms with van der Waals surface area (Å²) in [5, 5.41) is 16.0. The molecule has 0 aliphatic heterocycles. The molecule has 18 heavy (non-hydrogen) atoms. The van der Waals surface area contributed by atoms with Crippen LogP contribution >= 0.6 is 0 Å². The lowest BCUT2D eigenvalue weighted by atomic mass is 9.84. The Hall–Kier alpha value is -1.26. The van der Waals surface area contributed by atoms with Crippen molar-refractivity contribution in [2.75, 3.05) is 13.1 Å². The average molecular weight is 256 g/mol. The Balaban J connectivity index is 4.46. The summed E-state index contributed by atoms with van der Waals surface area (Å²) in [5.41, 5.74) is 7.30. The Morgan fingerprint density at radius 1 is 1.56 bits per heavy atom. The highest BCUT2D eigenvalue weighted by molar-refractivity contribution is 5.78. The Bertz CT molecular complexity index is 302. The quantitative estimate of drug-likeness (QED) is 0.272. The Morgan fingerprint density at radius 3 is 2.67 bits per heavy atom. The highest BCUT2D eigenvalue weighted by Crippen LogP contribution is 2.23. The van der Waals surface area contributed by atoms with Crippen molar-refractivity contribution in [2.45, 2.75) is 52.0 Å². The third-order valence-corrected chi connectivity index (χ3v) is 3.37. The van der Waals surface area contributed by atoms with Crippen LogP contribution in [0.2, 0.25) is 0 Å². The van der Waals surface area contributed by atoms with Gasteiger partial charge in [-0.15, -0.1) is 0 Å². The van der Waals surface area contributed by atoms with E-state index in [-0.39, 0.29) is 0 Å². The van der Waals surface area contributed by atoms with E-state index in [0.29, 0.717) is 38.3 Å². The number of rotatable bonds is 10. The van der Waals surface area contributed by atoms with E-state index < -0.39 is 11.5 Å². The van der Waals surface area contributed by atoms with Crippen LogP contribution in [0.5, 0.6) is 0 Å². The summed E-state index contributed by atoms with van der Waals surface area (Å²) in [6.07, 6.45) is 2.79. The summed E-state index contributed by atoms with van der Waals surface area (Å²) in [4.78, 5) is 14.1. The third-order valence-electron chi connectivity index (χ3n) is 3.37. The van der Waals surface area contributed by atoms with Gasteiger partial charge < -0.3 is 10.4 Å². The Labute approximate surface area is 108 Å². The maximum atomic E-state index is 11.5. The van der Waals surface area contributed by atoms with E-state index in [2.05, 4.69) is 29.2 Å². The Kier molecular flexibility index (Phi) is 8.16. The molecule has 0 heterocycles. The monoisotopic (exact) mass is 256 g/mol. The van der Waals surface area contributed by atoms with Gasteiger partial charge in [-0.25, -0.2) is 0 Å². The summed E-state index contributed by atoms with van der Waals surface area (Å²) in [6, 6.07) is 0. The molecular weight excluding hydrogens is 232 g/mol. The maximum Gasteiger partial charge on any atom is 0.323 e. The molecule has 0 bridgehead atoms. The minimum atomic E-state index is -0.855. The van der Waals surface area contributed by atoms with Gasteiger partial charge in [0.05, 0.1) is 0 Å². The first kappa shape index (κ1) is 16.7. The molecule has 0 fully saturated rings. The van der Waals surface area contributed by atoms with Gasteiger partial charge in [-0.1, -0.05) is 32.3 Å². The van der Waals surface area contributed by atoms with E-state index in [4.69, 9.17) is 5.53 Å². The van der Waals surface area contributed by atoms with Crippen molar-refractivity contribution in [3.63, 3.8) is 0 Å². The van der Waals surface area contributed by atoms with Gasteiger partial charge in [0.2, 0.25) is 0 Å². The molecule has 6 heteroatoms. The number of carbonyl (C=O) groups is 1. The molecule has 0 aromatic heterocycles. The van der Waals surface area contributed by atoms with Crippen molar-refractivity contribution in [1.29, 1.82) is 0 Å². The van der Waals surface area contributed by atoms with Gasteiger partial charge in [0.25, 0.3) is 0 Å².